The number of hydrogen-bond donors (Lipinski definition) is 1. The number of carbonyl (C=O) groups is 3. The van der Waals surface area contributed by atoms with Crippen LogP contribution in [0.1, 0.15) is 41.6 Å². The van der Waals surface area contributed by atoms with Crippen LogP contribution in [-0.4, -0.2) is 64.7 Å². The van der Waals surface area contributed by atoms with Crippen LogP contribution in [0.25, 0.3) is 0 Å². The molecular formula is C16H22N4O3. The summed E-state index contributed by atoms with van der Waals surface area (Å²) < 4.78 is 0. The zero-order valence-electron chi connectivity index (χ0n) is 13.7. The molecule has 2 rings (SSSR count). The van der Waals surface area contributed by atoms with E-state index in [4.69, 9.17) is 0 Å². The zero-order valence-corrected chi connectivity index (χ0v) is 13.7. The van der Waals surface area contributed by atoms with Crippen LogP contribution in [0.2, 0.25) is 0 Å². The summed E-state index contributed by atoms with van der Waals surface area (Å²) in [5.41, 5.74) is 0.278. The predicted octanol–water partition coefficient (Wildman–Crippen LogP) is 0.524. The van der Waals surface area contributed by atoms with Crippen LogP contribution in [0.3, 0.4) is 0 Å². The largest absolute Gasteiger partial charge is 0.346 e. The standard InChI is InChI=1S/C16H22N4O3/c1-16(2,3)18-14(22)13-10-12(4-5-17-13)15(23)20-8-6-19(11-21)7-9-20/h4-5,10-11H,6-9H2,1-3H3,(H,18,22). The third kappa shape index (κ3) is 4.51. The first-order valence-corrected chi connectivity index (χ1v) is 7.57. The van der Waals surface area contributed by atoms with Crippen molar-refractivity contribution >= 4 is 18.2 Å². The van der Waals surface area contributed by atoms with Crippen LogP contribution in [-0.2, 0) is 4.79 Å². The summed E-state index contributed by atoms with van der Waals surface area (Å²) in [4.78, 5) is 42.7. The van der Waals surface area contributed by atoms with Crippen molar-refractivity contribution in [2.24, 2.45) is 0 Å². The molecule has 7 nitrogen and oxygen atoms in total. The minimum atomic E-state index is -0.371. The van der Waals surface area contributed by atoms with Crippen LogP contribution in [0, 0.1) is 0 Å². The number of nitrogens with one attached hydrogen (secondary N) is 1. The quantitative estimate of drug-likeness (QED) is 0.824. The van der Waals surface area contributed by atoms with Crippen molar-refractivity contribution in [2.45, 2.75) is 26.3 Å². The maximum atomic E-state index is 12.5. The summed E-state index contributed by atoms with van der Waals surface area (Å²) in [7, 11) is 0. The van der Waals surface area contributed by atoms with Crippen molar-refractivity contribution in [1.29, 1.82) is 0 Å². The van der Waals surface area contributed by atoms with Crippen LogP contribution in [0.15, 0.2) is 18.3 Å². The van der Waals surface area contributed by atoms with Gasteiger partial charge in [0.2, 0.25) is 6.41 Å². The van der Waals surface area contributed by atoms with Gasteiger partial charge < -0.3 is 15.1 Å². The number of carbonyl (C=O) groups excluding carboxylic acids is 3. The smallest absolute Gasteiger partial charge is 0.270 e. The van der Waals surface area contributed by atoms with Crippen molar-refractivity contribution in [3.63, 3.8) is 0 Å². The molecule has 0 spiro atoms. The summed E-state index contributed by atoms with van der Waals surface area (Å²) in [6.07, 6.45) is 2.26. The highest BCUT2D eigenvalue weighted by molar-refractivity contribution is 5.98. The first-order valence-electron chi connectivity index (χ1n) is 7.57. The topological polar surface area (TPSA) is 82.6 Å². The monoisotopic (exact) mass is 318 g/mol. The minimum Gasteiger partial charge on any atom is -0.346 e. The predicted molar refractivity (Wildman–Crippen MR) is 85.0 cm³/mol. The fourth-order valence-corrected chi connectivity index (χ4v) is 2.31. The van der Waals surface area contributed by atoms with E-state index in [2.05, 4.69) is 10.3 Å². The molecule has 0 saturated carbocycles. The average Bonchev–Trinajstić information content (AvgIpc) is 2.53. The third-order valence-electron chi connectivity index (χ3n) is 3.48. The van der Waals surface area contributed by atoms with Gasteiger partial charge in [-0.15, -0.1) is 0 Å². The highest BCUT2D eigenvalue weighted by Crippen LogP contribution is 2.10. The Balaban J connectivity index is 2.09. The molecule has 1 saturated heterocycles. The molecule has 2 heterocycles. The number of piperazine rings is 1. The van der Waals surface area contributed by atoms with Crippen LogP contribution >= 0.6 is 0 Å². The minimum absolute atomic E-state index is 0.150. The molecule has 3 amide bonds. The van der Waals surface area contributed by atoms with Gasteiger partial charge in [0.1, 0.15) is 5.69 Å². The SMILES string of the molecule is CC(C)(C)NC(=O)c1cc(C(=O)N2CCN(C=O)CC2)ccn1. The summed E-state index contributed by atoms with van der Waals surface area (Å²) in [5.74, 6) is -0.458. The Morgan fingerprint density at radius 3 is 2.43 bits per heavy atom. The van der Waals surface area contributed by atoms with Gasteiger partial charge in [-0.3, -0.25) is 19.4 Å². The van der Waals surface area contributed by atoms with E-state index in [1.807, 2.05) is 20.8 Å². The molecule has 0 radical (unpaired) electrons. The molecule has 1 aliphatic heterocycles. The lowest BCUT2D eigenvalue weighted by atomic mass is 10.1. The fourth-order valence-electron chi connectivity index (χ4n) is 2.31. The van der Waals surface area contributed by atoms with Crippen LogP contribution in [0.5, 0.6) is 0 Å². The first-order chi connectivity index (χ1) is 10.8. The van der Waals surface area contributed by atoms with Crippen molar-refractivity contribution in [3.8, 4) is 0 Å². The van der Waals surface area contributed by atoms with Crippen LogP contribution in [0.4, 0.5) is 0 Å². The number of rotatable bonds is 3. The van der Waals surface area contributed by atoms with Gasteiger partial charge in [-0.05, 0) is 32.9 Å². The normalized spacial score (nSPS) is 15.3. The van der Waals surface area contributed by atoms with Gasteiger partial charge in [-0.25, -0.2) is 0 Å². The third-order valence-corrected chi connectivity index (χ3v) is 3.48. The van der Waals surface area contributed by atoms with Crippen LogP contribution < -0.4 is 5.32 Å². The lowest BCUT2D eigenvalue weighted by Crippen LogP contribution is -2.48. The molecule has 7 heteroatoms. The van der Waals surface area contributed by atoms with E-state index in [1.165, 1.54) is 12.3 Å². The van der Waals surface area contributed by atoms with Gasteiger partial charge in [-0.2, -0.15) is 0 Å². The van der Waals surface area contributed by atoms with E-state index in [-0.39, 0.29) is 23.0 Å². The first kappa shape index (κ1) is 16.9. The van der Waals surface area contributed by atoms with Crippen molar-refractivity contribution in [1.82, 2.24) is 20.1 Å². The number of aromatic nitrogens is 1. The molecule has 0 unspecified atom stereocenters. The van der Waals surface area contributed by atoms with E-state index in [1.54, 1.807) is 15.9 Å². The Morgan fingerprint density at radius 2 is 1.87 bits per heavy atom. The summed E-state index contributed by atoms with van der Waals surface area (Å²) in [6, 6.07) is 3.11. The Morgan fingerprint density at radius 1 is 1.22 bits per heavy atom. The van der Waals surface area contributed by atoms with E-state index in [9.17, 15) is 14.4 Å². The van der Waals surface area contributed by atoms with Crippen molar-refractivity contribution in [2.75, 3.05) is 26.2 Å². The lowest BCUT2D eigenvalue weighted by molar-refractivity contribution is -0.119. The van der Waals surface area contributed by atoms with Crippen molar-refractivity contribution in [3.05, 3.63) is 29.6 Å². The molecule has 1 aromatic heterocycles. The van der Waals surface area contributed by atoms with E-state index in [0.717, 1.165) is 6.41 Å². The van der Waals surface area contributed by atoms with Crippen molar-refractivity contribution < 1.29 is 14.4 Å². The summed E-state index contributed by atoms with van der Waals surface area (Å²) in [5, 5.41) is 2.82. The summed E-state index contributed by atoms with van der Waals surface area (Å²) >= 11 is 0. The van der Waals surface area contributed by atoms with E-state index >= 15 is 0 Å². The second-order valence-corrected chi connectivity index (χ2v) is 6.57. The average molecular weight is 318 g/mol. The Labute approximate surface area is 135 Å². The lowest BCUT2D eigenvalue weighted by Gasteiger charge is -2.32. The van der Waals surface area contributed by atoms with E-state index in [0.29, 0.717) is 31.7 Å². The van der Waals surface area contributed by atoms with Gasteiger partial charge in [0, 0.05) is 43.5 Å². The van der Waals surface area contributed by atoms with Gasteiger partial charge in [-0.1, -0.05) is 0 Å². The molecule has 1 aliphatic rings. The second-order valence-electron chi connectivity index (χ2n) is 6.57. The number of pyridine rings is 1. The molecule has 0 aromatic carbocycles. The maximum Gasteiger partial charge on any atom is 0.270 e. The van der Waals surface area contributed by atoms with E-state index < -0.39 is 0 Å². The molecule has 0 atom stereocenters. The summed E-state index contributed by atoms with van der Waals surface area (Å²) in [6.45, 7) is 7.67. The molecule has 1 N–H and O–H groups in total. The molecule has 1 fully saturated rings. The Bertz CT molecular complexity index is 602. The molecular weight excluding hydrogens is 296 g/mol. The Hall–Kier alpha value is -2.44. The van der Waals surface area contributed by atoms with Gasteiger partial charge in [0.15, 0.2) is 0 Å². The highest BCUT2D eigenvalue weighted by Gasteiger charge is 2.23. The number of nitrogens with zero attached hydrogens (tertiary/aromatic N) is 3. The molecule has 0 bridgehead atoms. The maximum absolute atomic E-state index is 12.5. The Kier molecular flexibility index (Phi) is 4.98. The van der Waals surface area contributed by atoms with Gasteiger partial charge in [0.05, 0.1) is 0 Å². The molecule has 23 heavy (non-hydrogen) atoms. The van der Waals surface area contributed by atoms with Gasteiger partial charge in [0.25, 0.3) is 11.8 Å². The molecule has 0 aliphatic carbocycles. The highest BCUT2D eigenvalue weighted by atomic mass is 16.2. The van der Waals surface area contributed by atoms with Gasteiger partial charge >= 0.3 is 0 Å². The molecule has 1 aromatic rings. The molecule has 124 valence electrons. The zero-order chi connectivity index (χ0) is 17.0. The second kappa shape index (κ2) is 6.76. The number of hydrogen-bond acceptors (Lipinski definition) is 4. The fraction of sp³-hybridized carbons (Fsp3) is 0.500. The number of amides is 3.